The first-order valence-electron chi connectivity index (χ1n) is 6.14. The Balaban J connectivity index is 2.53. The highest BCUT2D eigenvalue weighted by Crippen LogP contribution is 2.21. The van der Waals surface area contributed by atoms with Gasteiger partial charge in [0, 0.05) is 19.3 Å². The summed E-state index contributed by atoms with van der Waals surface area (Å²) in [6, 6.07) is 0. The number of aryl methyl sites for hydroxylation is 2. The Morgan fingerprint density at radius 2 is 2.11 bits per heavy atom. The Morgan fingerprint density at radius 1 is 1.44 bits per heavy atom. The van der Waals surface area contributed by atoms with Crippen molar-refractivity contribution < 1.29 is 9.21 Å². The molecule has 0 fully saturated rings. The average Bonchev–Trinajstić information content (AvgIpc) is 2.63. The molecule has 102 valence electrons. The van der Waals surface area contributed by atoms with Crippen molar-refractivity contribution in [1.29, 1.82) is 0 Å². The van der Waals surface area contributed by atoms with Crippen molar-refractivity contribution >= 4 is 17.5 Å². The first-order valence-corrected chi connectivity index (χ1v) is 6.67. The summed E-state index contributed by atoms with van der Waals surface area (Å²) < 4.78 is 5.28. The lowest BCUT2D eigenvalue weighted by molar-refractivity contribution is 0.0904. The molecule has 0 unspecified atom stereocenters. The molecule has 1 amide bonds. The van der Waals surface area contributed by atoms with E-state index in [2.05, 4.69) is 24.1 Å². The maximum Gasteiger partial charge on any atom is 0.289 e. The van der Waals surface area contributed by atoms with Crippen LogP contribution >= 0.6 is 11.6 Å². The van der Waals surface area contributed by atoms with Gasteiger partial charge in [-0.1, -0.05) is 13.8 Å². The average molecular weight is 273 g/mol. The molecule has 0 atom stereocenters. The summed E-state index contributed by atoms with van der Waals surface area (Å²) in [7, 11) is 0. The van der Waals surface area contributed by atoms with Crippen molar-refractivity contribution in [2.75, 3.05) is 12.4 Å². The van der Waals surface area contributed by atoms with E-state index in [4.69, 9.17) is 16.0 Å². The molecular formula is C13H21ClN2O2. The fraction of sp³-hybridized carbons (Fsp3) is 0.692. The number of alkyl halides is 1. The monoisotopic (exact) mass is 272 g/mol. The third kappa shape index (κ3) is 4.33. The number of hydrogen-bond acceptors (Lipinski definition) is 3. The molecule has 1 heterocycles. The topological polar surface area (TPSA) is 55.1 Å². The van der Waals surface area contributed by atoms with E-state index in [-0.39, 0.29) is 11.3 Å². The van der Waals surface area contributed by atoms with Gasteiger partial charge in [-0.3, -0.25) is 4.79 Å². The minimum Gasteiger partial charge on any atom is -0.436 e. The molecule has 4 nitrogen and oxygen atoms in total. The minimum absolute atomic E-state index is 0.0352. The number of carbonyl (C=O) groups excluding carboxylic acids is 1. The number of halogens is 1. The van der Waals surface area contributed by atoms with Crippen molar-refractivity contribution in [2.24, 2.45) is 5.41 Å². The Bertz CT molecular complexity index is 413. The zero-order valence-corrected chi connectivity index (χ0v) is 12.2. The molecule has 0 bridgehead atoms. The number of aromatic nitrogens is 1. The van der Waals surface area contributed by atoms with E-state index in [1.54, 1.807) is 13.8 Å². The predicted octanol–water partition coefficient (Wildman–Crippen LogP) is 3.07. The highest BCUT2D eigenvalue weighted by molar-refractivity contribution is 6.17. The highest BCUT2D eigenvalue weighted by Gasteiger charge is 2.21. The Morgan fingerprint density at radius 3 is 2.61 bits per heavy atom. The molecule has 0 aliphatic carbocycles. The number of carbonyl (C=O) groups is 1. The van der Waals surface area contributed by atoms with E-state index in [0.29, 0.717) is 29.8 Å². The highest BCUT2D eigenvalue weighted by atomic mass is 35.5. The maximum atomic E-state index is 11.9. The van der Waals surface area contributed by atoms with Crippen molar-refractivity contribution in [1.82, 2.24) is 10.3 Å². The van der Waals surface area contributed by atoms with Gasteiger partial charge < -0.3 is 9.73 Å². The molecule has 1 N–H and O–H groups in total. The van der Waals surface area contributed by atoms with Crippen molar-refractivity contribution in [3.63, 3.8) is 0 Å². The van der Waals surface area contributed by atoms with Crippen molar-refractivity contribution in [2.45, 2.75) is 40.5 Å². The number of rotatable bonds is 6. The Kier molecular flexibility index (Phi) is 5.20. The van der Waals surface area contributed by atoms with Crippen LogP contribution in [0.15, 0.2) is 4.42 Å². The van der Waals surface area contributed by atoms with Gasteiger partial charge >= 0.3 is 0 Å². The van der Waals surface area contributed by atoms with Crippen molar-refractivity contribution in [3.8, 4) is 0 Å². The third-order valence-electron chi connectivity index (χ3n) is 2.82. The van der Waals surface area contributed by atoms with Crippen LogP contribution in [0.2, 0.25) is 0 Å². The van der Waals surface area contributed by atoms with Crippen LogP contribution in [0.25, 0.3) is 0 Å². The molecule has 0 aromatic carbocycles. The lowest BCUT2D eigenvalue weighted by atomic mass is 9.88. The second kappa shape index (κ2) is 6.23. The van der Waals surface area contributed by atoms with E-state index in [1.165, 1.54) is 0 Å². The van der Waals surface area contributed by atoms with Gasteiger partial charge in [0.2, 0.25) is 5.76 Å². The number of nitrogens with zero attached hydrogens (tertiary/aromatic N) is 1. The van der Waals surface area contributed by atoms with Crippen LogP contribution in [-0.4, -0.2) is 23.3 Å². The summed E-state index contributed by atoms with van der Waals surface area (Å²) in [5, 5.41) is 2.89. The van der Waals surface area contributed by atoms with Gasteiger partial charge in [-0.25, -0.2) is 4.98 Å². The quantitative estimate of drug-likeness (QED) is 0.810. The third-order valence-corrected chi connectivity index (χ3v) is 3.09. The lowest BCUT2D eigenvalue weighted by Gasteiger charge is -2.24. The van der Waals surface area contributed by atoms with Gasteiger partial charge in [-0.2, -0.15) is 0 Å². The number of nitrogens with one attached hydrogen (secondary N) is 1. The van der Waals surface area contributed by atoms with E-state index >= 15 is 0 Å². The van der Waals surface area contributed by atoms with E-state index in [9.17, 15) is 4.79 Å². The Hall–Kier alpha value is -1.03. The molecule has 0 radical (unpaired) electrons. The van der Waals surface area contributed by atoms with Crippen LogP contribution < -0.4 is 5.32 Å². The molecule has 0 aliphatic heterocycles. The molecule has 0 aliphatic rings. The smallest absolute Gasteiger partial charge is 0.289 e. The first-order chi connectivity index (χ1) is 8.35. The second-order valence-electron chi connectivity index (χ2n) is 5.29. The molecule has 0 saturated heterocycles. The van der Waals surface area contributed by atoms with Crippen molar-refractivity contribution in [3.05, 3.63) is 17.3 Å². The fourth-order valence-corrected chi connectivity index (χ4v) is 1.91. The van der Waals surface area contributed by atoms with Crippen LogP contribution in [0.3, 0.4) is 0 Å². The second-order valence-corrected chi connectivity index (χ2v) is 5.66. The number of hydrogen-bond donors (Lipinski definition) is 1. The maximum absolute atomic E-state index is 11.9. The zero-order valence-electron chi connectivity index (χ0n) is 11.5. The summed E-state index contributed by atoms with van der Waals surface area (Å²) in [6.45, 7) is 8.32. The van der Waals surface area contributed by atoms with E-state index < -0.39 is 0 Å². The molecular weight excluding hydrogens is 252 g/mol. The van der Waals surface area contributed by atoms with Gasteiger partial charge in [-0.05, 0) is 25.2 Å². The van der Waals surface area contributed by atoms with Gasteiger partial charge in [0.15, 0.2) is 5.89 Å². The van der Waals surface area contributed by atoms with Gasteiger partial charge in [0.1, 0.15) is 0 Å². The van der Waals surface area contributed by atoms with Crippen LogP contribution in [0.4, 0.5) is 0 Å². The Labute approximate surface area is 113 Å². The summed E-state index contributed by atoms with van der Waals surface area (Å²) in [6.07, 6.45) is 1.93. The molecule has 1 rings (SSSR count). The van der Waals surface area contributed by atoms with Gasteiger partial charge in [0.25, 0.3) is 5.91 Å². The van der Waals surface area contributed by atoms with Crippen LogP contribution in [0, 0.1) is 19.3 Å². The largest absolute Gasteiger partial charge is 0.436 e. The summed E-state index contributed by atoms with van der Waals surface area (Å²) in [4.78, 5) is 16.0. The zero-order chi connectivity index (χ0) is 13.8. The summed E-state index contributed by atoms with van der Waals surface area (Å²) >= 11 is 5.68. The molecule has 5 heteroatoms. The predicted molar refractivity (Wildman–Crippen MR) is 72.0 cm³/mol. The summed E-state index contributed by atoms with van der Waals surface area (Å²) in [5.41, 5.74) is 0.664. The standard InChI is InChI=1S/C13H21ClN2O2/c1-9-11(18-10(2)16-9)12(17)15-8-13(3,4)6-5-7-14/h5-8H2,1-4H3,(H,15,17). The molecule has 1 aromatic rings. The lowest BCUT2D eigenvalue weighted by Crippen LogP contribution is -2.34. The minimum atomic E-state index is -0.202. The SMILES string of the molecule is Cc1nc(C)c(C(=O)NCC(C)(C)CCCCl)o1. The van der Waals surface area contributed by atoms with Crippen LogP contribution in [-0.2, 0) is 0 Å². The van der Waals surface area contributed by atoms with Crippen LogP contribution in [0.5, 0.6) is 0 Å². The van der Waals surface area contributed by atoms with Gasteiger partial charge in [0.05, 0.1) is 5.69 Å². The first kappa shape index (κ1) is 15.0. The van der Waals surface area contributed by atoms with E-state index in [0.717, 1.165) is 12.8 Å². The van der Waals surface area contributed by atoms with Gasteiger partial charge in [-0.15, -0.1) is 11.6 Å². The summed E-state index contributed by atoms with van der Waals surface area (Å²) in [5.74, 6) is 1.27. The molecule has 1 aromatic heterocycles. The molecule has 18 heavy (non-hydrogen) atoms. The number of amides is 1. The molecule has 0 saturated carbocycles. The molecule has 0 spiro atoms. The number of oxazole rings is 1. The van der Waals surface area contributed by atoms with Crippen LogP contribution in [0.1, 0.15) is 48.8 Å². The van der Waals surface area contributed by atoms with E-state index in [1.807, 2.05) is 0 Å². The fourth-order valence-electron chi connectivity index (χ4n) is 1.78. The normalized spacial score (nSPS) is 11.6.